The highest BCUT2D eigenvalue weighted by molar-refractivity contribution is 6.33. The first kappa shape index (κ1) is 27.0. The summed E-state index contributed by atoms with van der Waals surface area (Å²) in [6.45, 7) is -0.289. The van der Waals surface area contributed by atoms with Crippen molar-refractivity contribution in [3.05, 3.63) is 35.6 Å². The average Bonchev–Trinajstić information content (AvgIpc) is 3.72. The molecule has 0 unspecified atom stereocenters. The topological polar surface area (TPSA) is 187 Å². The maximum Gasteiger partial charge on any atom is 0.166 e. The van der Waals surface area contributed by atoms with Gasteiger partial charge in [0.1, 0.15) is 36.1 Å². The number of hydrogen-bond donors (Lipinski definition) is 4. The van der Waals surface area contributed by atoms with Gasteiger partial charge in [-0.1, -0.05) is 23.2 Å². The summed E-state index contributed by atoms with van der Waals surface area (Å²) in [5, 5.41) is 37.6. The van der Waals surface area contributed by atoms with Crippen LogP contribution in [0, 0.1) is 11.8 Å². The zero-order valence-corrected chi connectivity index (χ0v) is 21.5. The highest BCUT2D eigenvalue weighted by Crippen LogP contribution is 2.36. The first-order chi connectivity index (χ1) is 18.5. The van der Waals surface area contributed by atoms with Crippen LogP contribution >= 0.6 is 23.2 Å². The highest BCUT2D eigenvalue weighted by Gasteiger charge is 2.37. The van der Waals surface area contributed by atoms with Crippen LogP contribution in [0.25, 0.3) is 22.3 Å². The van der Waals surface area contributed by atoms with E-state index in [1.54, 1.807) is 21.8 Å². The van der Waals surface area contributed by atoms with Gasteiger partial charge in [-0.3, -0.25) is 9.13 Å². The lowest BCUT2D eigenvalue weighted by molar-refractivity contribution is -0.0334. The zero-order chi connectivity index (χ0) is 26.8. The van der Waals surface area contributed by atoms with Crippen LogP contribution in [-0.4, -0.2) is 98.1 Å². The molecule has 38 heavy (non-hydrogen) atoms. The summed E-state index contributed by atoms with van der Waals surface area (Å²) in [6.07, 6.45) is 5.72. The molecule has 4 N–H and O–H groups in total. The van der Waals surface area contributed by atoms with Gasteiger partial charge in [-0.2, -0.15) is 0 Å². The van der Waals surface area contributed by atoms with Gasteiger partial charge in [-0.05, 0) is 0 Å². The molecular weight excluding hydrogens is 543 g/mol. The van der Waals surface area contributed by atoms with Gasteiger partial charge in [0.05, 0.1) is 38.1 Å². The van der Waals surface area contributed by atoms with Gasteiger partial charge in [0.25, 0.3) is 0 Å². The van der Waals surface area contributed by atoms with Crippen LogP contribution < -0.4 is 0 Å². The Morgan fingerprint density at radius 1 is 0.658 bits per heavy atom. The van der Waals surface area contributed by atoms with Gasteiger partial charge in [0.2, 0.25) is 0 Å². The van der Waals surface area contributed by atoms with Gasteiger partial charge in [-0.25, -0.2) is 29.9 Å². The Hall–Kier alpha value is -2.56. The molecule has 2 aliphatic rings. The van der Waals surface area contributed by atoms with Crippen molar-refractivity contribution in [3.63, 3.8) is 0 Å². The Morgan fingerprint density at radius 3 is 1.42 bits per heavy atom. The third-order valence-corrected chi connectivity index (χ3v) is 7.35. The van der Waals surface area contributed by atoms with Crippen LogP contribution in [0.15, 0.2) is 25.3 Å². The van der Waals surface area contributed by atoms with Crippen molar-refractivity contribution in [2.45, 2.75) is 37.5 Å². The Labute approximate surface area is 225 Å². The van der Waals surface area contributed by atoms with Gasteiger partial charge in [-0.15, -0.1) is 0 Å². The van der Waals surface area contributed by atoms with E-state index in [1.807, 2.05) is 0 Å². The number of aliphatic hydroxyl groups excluding tert-OH is 4. The minimum Gasteiger partial charge on any atom is -0.396 e. The summed E-state index contributed by atoms with van der Waals surface area (Å²) in [5.41, 5.74) is 2.20. The molecule has 0 bridgehead atoms. The molecule has 2 fully saturated rings. The van der Waals surface area contributed by atoms with Gasteiger partial charge in [0, 0.05) is 37.9 Å². The van der Waals surface area contributed by atoms with E-state index < -0.39 is 0 Å². The quantitative estimate of drug-likeness (QED) is 0.239. The summed E-state index contributed by atoms with van der Waals surface area (Å²) in [6, 6.07) is 0. The van der Waals surface area contributed by atoms with E-state index in [0.29, 0.717) is 45.5 Å². The molecule has 0 aromatic carbocycles. The van der Waals surface area contributed by atoms with Gasteiger partial charge < -0.3 is 29.9 Å². The lowest BCUT2D eigenvalue weighted by atomic mass is 10.0. The van der Waals surface area contributed by atoms with Crippen molar-refractivity contribution in [2.75, 3.05) is 26.4 Å². The van der Waals surface area contributed by atoms with Crippen LogP contribution in [0.4, 0.5) is 0 Å². The molecule has 14 nitrogen and oxygen atoms in total. The van der Waals surface area contributed by atoms with E-state index in [-0.39, 0.29) is 62.9 Å². The molecule has 0 saturated carbocycles. The lowest BCUT2D eigenvalue weighted by Crippen LogP contribution is -2.23. The van der Waals surface area contributed by atoms with Gasteiger partial charge >= 0.3 is 0 Å². The molecule has 0 spiro atoms. The van der Waals surface area contributed by atoms with Crippen molar-refractivity contribution >= 4 is 45.5 Å². The maximum absolute atomic E-state index is 9.28. The Balaban J connectivity index is 0.000000155. The van der Waals surface area contributed by atoms with Crippen LogP contribution in [0.1, 0.15) is 25.3 Å². The monoisotopic (exact) mass is 568 g/mol. The Bertz CT molecular complexity index is 1260. The first-order valence-electron chi connectivity index (χ1n) is 11.9. The minimum absolute atomic E-state index is 0.0237. The number of rotatable bonds is 6. The second-order valence-electron chi connectivity index (χ2n) is 8.96. The fraction of sp³-hybridized carbons (Fsp3) is 0.545. The van der Waals surface area contributed by atoms with Crippen LogP contribution in [-0.2, 0) is 9.47 Å². The normalized spacial score (nSPS) is 27.2. The second-order valence-corrected chi connectivity index (χ2v) is 9.67. The maximum atomic E-state index is 9.28. The van der Waals surface area contributed by atoms with E-state index in [0.717, 1.165) is 0 Å². The number of aromatic nitrogens is 8. The van der Waals surface area contributed by atoms with Crippen molar-refractivity contribution in [1.29, 1.82) is 0 Å². The van der Waals surface area contributed by atoms with E-state index in [2.05, 4.69) is 29.9 Å². The third kappa shape index (κ3) is 5.05. The van der Waals surface area contributed by atoms with Gasteiger partial charge in [0.15, 0.2) is 21.6 Å². The second kappa shape index (κ2) is 11.7. The van der Waals surface area contributed by atoms with Crippen LogP contribution in [0.5, 0.6) is 0 Å². The molecule has 6 rings (SSSR count). The minimum atomic E-state index is -0.371. The fourth-order valence-corrected chi connectivity index (χ4v) is 5.11. The van der Waals surface area contributed by atoms with E-state index >= 15 is 0 Å². The molecule has 6 atom stereocenters. The number of halogens is 2. The Morgan fingerprint density at radius 2 is 1.08 bits per heavy atom. The number of ether oxygens (including phenoxy) is 2. The molecule has 0 aliphatic carbocycles. The van der Waals surface area contributed by atoms with Crippen molar-refractivity contribution in [2.24, 2.45) is 11.8 Å². The number of aliphatic hydroxyl groups is 4. The Kier molecular flexibility index (Phi) is 8.30. The number of fused-ring (bicyclic) bond motifs is 2. The van der Waals surface area contributed by atoms with E-state index in [4.69, 9.17) is 32.7 Å². The van der Waals surface area contributed by atoms with Crippen LogP contribution in [0.2, 0.25) is 10.3 Å². The highest BCUT2D eigenvalue weighted by atomic mass is 35.5. The SMILES string of the molecule is OC[C@H]1C[C@@H](n2cnc3c(Cl)ncnc32)O[C@@H]1CO.OC[C@H]1C[C@H](n2cnc3c(Cl)ncnc32)O[C@@H]1CO. The van der Waals surface area contributed by atoms with E-state index in [9.17, 15) is 20.4 Å². The van der Waals surface area contributed by atoms with Crippen molar-refractivity contribution in [1.82, 2.24) is 39.0 Å². The largest absolute Gasteiger partial charge is 0.396 e. The summed E-state index contributed by atoms with van der Waals surface area (Å²) >= 11 is 11.9. The predicted octanol–water partition coefficient (Wildman–Crippen LogP) is 0.736. The average molecular weight is 569 g/mol. The first-order valence-corrected chi connectivity index (χ1v) is 12.6. The predicted molar refractivity (Wildman–Crippen MR) is 133 cm³/mol. The zero-order valence-electron chi connectivity index (χ0n) is 20.0. The fourth-order valence-electron chi connectivity index (χ4n) is 4.75. The van der Waals surface area contributed by atoms with Crippen molar-refractivity contribution < 1.29 is 29.9 Å². The van der Waals surface area contributed by atoms with Crippen molar-refractivity contribution in [3.8, 4) is 0 Å². The molecule has 0 amide bonds. The molecule has 6 heterocycles. The molecule has 16 heteroatoms. The molecule has 4 aromatic rings. The molecule has 0 radical (unpaired) electrons. The number of hydrogen-bond acceptors (Lipinski definition) is 12. The lowest BCUT2D eigenvalue weighted by Gasteiger charge is -2.14. The molecule has 4 aromatic heterocycles. The third-order valence-electron chi connectivity index (χ3n) is 6.80. The number of imidazole rings is 2. The molecule has 2 saturated heterocycles. The van der Waals surface area contributed by atoms with Crippen LogP contribution in [0.3, 0.4) is 0 Å². The smallest absolute Gasteiger partial charge is 0.166 e. The molecule has 204 valence electrons. The molecule has 2 aliphatic heterocycles. The number of nitrogens with zero attached hydrogens (tertiary/aromatic N) is 8. The summed E-state index contributed by atoms with van der Waals surface area (Å²) in [7, 11) is 0. The van der Waals surface area contributed by atoms with E-state index in [1.165, 1.54) is 12.7 Å². The summed E-state index contributed by atoms with van der Waals surface area (Å²) < 4.78 is 14.9. The summed E-state index contributed by atoms with van der Waals surface area (Å²) in [4.78, 5) is 24.4. The standard InChI is InChI=1S/2C11H13ClN4O3/c2*12-10-9-11(14-4-13-10)16(5-15-9)8-1-6(2-17)7(3-18)19-8/h2*4-8,17-18H,1-3H2/t6-,7-,8+;6-,7-,8-/m11/s1. The summed E-state index contributed by atoms with van der Waals surface area (Å²) in [5.74, 6) is -0.186. The molecular formula is C22H26Cl2N8O6.